The molecule has 0 spiro atoms. The lowest BCUT2D eigenvalue weighted by molar-refractivity contribution is 0.0820. The summed E-state index contributed by atoms with van der Waals surface area (Å²) >= 11 is 2.23. The summed E-state index contributed by atoms with van der Waals surface area (Å²) in [7, 11) is 1.62. The second-order valence-electron chi connectivity index (χ2n) is 4.94. The zero-order valence-electron chi connectivity index (χ0n) is 10.3. The van der Waals surface area contributed by atoms with Crippen LogP contribution < -0.4 is 4.74 Å². The van der Waals surface area contributed by atoms with E-state index >= 15 is 0 Å². The molecule has 1 fully saturated rings. The molecule has 0 unspecified atom stereocenters. The highest BCUT2D eigenvalue weighted by molar-refractivity contribution is 14.1. The van der Waals surface area contributed by atoms with Gasteiger partial charge >= 0.3 is 0 Å². The Bertz CT molecular complexity index is 434. The lowest BCUT2D eigenvalue weighted by Crippen LogP contribution is -2.24. The maximum atomic E-state index is 12.6. The zero-order chi connectivity index (χ0) is 12.5. The van der Waals surface area contributed by atoms with Crippen LogP contribution in [-0.4, -0.2) is 12.9 Å². The molecule has 2 nitrogen and oxygen atoms in total. The summed E-state index contributed by atoms with van der Waals surface area (Å²) in [6, 6.07) is 5.78. The number of halogens is 1. The minimum Gasteiger partial charge on any atom is -0.496 e. The summed E-state index contributed by atoms with van der Waals surface area (Å²) in [4.78, 5) is 12.6. The number of ether oxygens (including phenoxy) is 1. The van der Waals surface area contributed by atoms with Crippen LogP contribution in [0.2, 0.25) is 0 Å². The molecule has 1 aliphatic rings. The zero-order valence-corrected chi connectivity index (χ0v) is 12.4. The van der Waals surface area contributed by atoms with Crippen molar-refractivity contribution in [3.8, 4) is 5.75 Å². The molecule has 0 bridgehead atoms. The number of carbonyl (C=O) groups excluding carboxylic acids is 1. The predicted molar refractivity (Wildman–Crippen MR) is 76.6 cm³/mol. The Balaban J connectivity index is 2.39. The Morgan fingerprint density at radius 1 is 1.35 bits per heavy atom. The molecule has 1 aliphatic carbocycles. The second kappa shape index (κ2) is 4.96. The third-order valence-electron chi connectivity index (χ3n) is 3.66. The highest BCUT2D eigenvalue weighted by atomic mass is 127. The van der Waals surface area contributed by atoms with Gasteiger partial charge in [-0.25, -0.2) is 0 Å². The van der Waals surface area contributed by atoms with E-state index in [1.54, 1.807) is 7.11 Å². The quantitative estimate of drug-likeness (QED) is 0.611. The Morgan fingerprint density at radius 2 is 2.00 bits per heavy atom. The minimum atomic E-state index is -0.183. The van der Waals surface area contributed by atoms with E-state index in [-0.39, 0.29) is 11.2 Å². The summed E-state index contributed by atoms with van der Waals surface area (Å²) < 4.78 is 6.38. The standard InChI is InChI=1S/C14H17IO2/c1-14(7-3-4-8-14)13(16)11-9-10(15)5-6-12(11)17-2/h5-6,9H,3-4,7-8H2,1-2H3. The summed E-state index contributed by atoms with van der Waals surface area (Å²) in [5.74, 6) is 0.939. The first-order valence-electron chi connectivity index (χ1n) is 5.95. The van der Waals surface area contributed by atoms with E-state index in [0.29, 0.717) is 5.75 Å². The number of benzene rings is 1. The fourth-order valence-corrected chi connectivity index (χ4v) is 3.06. The van der Waals surface area contributed by atoms with Gasteiger partial charge in [0, 0.05) is 8.99 Å². The van der Waals surface area contributed by atoms with Crippen LogP contribution in [0.15, 0.2) is 18.2 Å². The molecule has 0 heterocycles. The first-order chi connectivity index (χ1) is 8.07. The number of carbonyl (C=O) groups is 1. The summed E-state index contributed by atoms with van der Waals surface area (Å²) in [5, 5.41) is 0. The predicted octanol–water partition coefficient (Wildman–Crippen LogP) is 4.06. The van der Waals surface area contributed by atoms with E-state index in [9.17, 15) is 4.79 Å². The normalized spacial score (nSPS) is 18.1. The molecule has 0 saturated heterocycles. The largest absolute Gasteiger partial charge is 0.496 e. The third-order valence-corrected chi connectivity index (χ3v) is 4.33. The number of Topliss-reactive ketones (excluding diaryl/α,β-unsaturated/α-hetero) is 1. The van der Waals surface area contributed by atoms with Gasteiger partial charge in [0.15, 0.2) is 5.78 Å². The molecule has 0 aliphatic heterocycles. The van der Waals surface area contributed by atoms with Crippen LogP contribution in [0.25, 0.3) is 0 Å². The average Bonchev–Trinajstić information content (AvgIpc) is 2.76. The maximum Gasteiger partial charge on any atom is 0.172 e. The SMILES string of the molecule is COc1ccc(I)cc1C(=O)C1(C)CCCC1. The number of ketones is 1. The second-order valence-corrected chi connectivity index (χ2v) is 6.19. The highest BCUT2D eigenvalue weighted by Crippen LogP contribution is 2.41. The van der Waals surface area contributed by atoms with Crippen LogP contribution in [0.1, 0.15) is 43.0 Å². The third kappa shape index (κ3) is 2.49. The smallest absolute Gasteiger partial charge is 0.172 e. The summed E-state index contributed by atoms with van der Waals surface area (Å²) in [6.45, 7) is 2.08. The molecule has 0 aromatic heterocycles. The van der Waals surface area contributed by atoms with Gasteiger partial charge in [0.2, 0.25) is 0 Å². The van der Waals surface area contributed by atoms with E-state index in [1.807, 2.05) is 18.2 Å². The molecule has 2 rings (SSSR count). The lowest BCUT2D eigenvalue weighted by Gasteiger charge is -2.22. The van der Waals surface area contributed by atoms with Gasteiger partial charge < -0.3 is 4.74 Å². The van der Waals surface area contributed by atoms with Gasteiger partial charge in [-0.2, -0.15) is 0 Å². The lowest BCUT2D eigenvalue weighted by atomic mass is 9.80. The molecule has 92 valence electrons. The highest BCUT2D eigenvalue weighted by Gasteiger charge is 2.37. The van der Waals surface area contributed by atoms with Crippen molar-refractivity contribution in [1.82, 2.24) is 0 Å². The molecular weight excluding hydrogens is 327 g/mol. The average molecular weight is 344 g/mol. The number of hydrogen-bond donors (Lipinski definition) is 0. The molecular formula is C14H17IO2. The van der Waals surface area contributed by atoms with E-state index in [0.717, 1.165) is 34.8 Å². The van der Waals surface area contributed by atoms with Gasteiger partial charge in [0.25, 0.3) is 0 Å². The fraction of sp³-hybridized carbons (Fsp3) is 0.500. The maximum absolute atomic E-state index is 12.6. The first-order valence-corrected chi connectivity index (χ1v) is 7.03. The Morgan fingerprint density at radius 3 is 2.59 bits per heavy atom. The molecule has 1 aromatic rings. The van der Waals surface area contributed by atoms with Crippen molar-refractivity contribution in [2.24, 2.45) is 5.41 Å². The number of methoxy groups -OCH3 is 1. The van der Waals surface area contributed by atoms with Gasteiger partial charge in [0.05, 0.1) is 12.7 Å². The first kappa shape index (κ1) is 12.9. The van der Waals surface area contributed by atoms with Crippen LogP contribution in [0.3, 0.4) is 0 Å². The van der Waals surface area contributed by atoms with E-state index < -0.39 is 0 Å². The summed E-state index contributed by atoms with van der Waals surface area (Å²) in [6.07, 6.45) is 4.32. The van der Waals surface area contributed by atoms with Crippen molar-refractivity contribution in [1.29, 1.82) is 0 Å². The molecule has 1 saturated carbocycles. The Kier molecular flexibility index (Phi) is 3.76. The van der Waals surface area contributed by atoms with E-state index in [2.05, 4.69) is 29.5 Å². The molecule has 3 heteroatoms. The van der Waals surface area contributed by atoms with Crippen molar-refractivity contribution in [2.45, 2.75) is 32.6 Å². The van der Waals surface area contributed by atoms with E-state index in [1.165, 1.54) is 0 Å². The molecule has 0 radical (unpaired) electrons. The van der Waals surface area contributed by atoms with Gasteiger partial charge in [-0.1, -0.05) is 19.8 Å². The molecule has 0 N–H and O–H groups in total. The molecule has 17 heavy (non-hydrogen) atoms. The van der Waals surface area contributed by atoms with Crippen LogP contribution in [0, 0.1) is 8.99 Å². The van der Waals surface area contributed by atoms with Crippen LogP contribution in [0.5, 0.6) is 5.75 Å². The Labute approximate surface area is 116 Å². The van der Waals surface area contributed by atoms with E-state index in [4.69, 9.17) is 4.74 Å². The van der Waals surface area contributed by atoms with Gasteiger partial charge in [0.1, 0.15) is 5.75 Å². The van der Waals surface area contributed by atoms with Crippen molar-refractivity contribution >= 4 is 28.4 Å². The topological polar surface area (TPSA) is 26.3 Å². The monoisotopic (exact) mass is 344 g/mol. The van der Waals surface area contributed by atoms with Crippen molar-refractivity contribution in [2.75, 3.05) is 7.11 Å². The van der Waals surface area contributed by atoms with Crippen LogP contribution >= 0.6 is 22.6 Å². The van der Waals surface area contributed by atoms with Gasteiger partial charge in [-0.3, -0.25) is 4.79 Å². The fourth-order valence-electron chi connectivity index (χ4n) is 2.57. The van der Waals surface area contributed by atoms with Gasteiger partial charge in [-0.05, 0) is 53.6 Å². The van der Waals surface area contributed by atoms with Gasteiger partial charge in [-0.15, -0.1) is 0 Å². The molecule has 1 aromatic carbocycles. The Hall–Kier alpha value is -0.580. The van der Waals surface area contributed by atoms with Crippen molar-refractivity contribution < 1.29 is 9.53 Å². The number of rotatable bonds is 3. The minimum absolute atomic E-state index is 0.183. The van der Waals surface area contributed by atoms with Crippen molar-refractivity contribution in [3.05, 3.63) is 27.3 Å². The molecule has 0 amide bonds. The summed E-state index contributed by atoms with van der Waals surface area (Å²) in [5.41, 5.74) is 0.557. The molecule has 0 atom stereocenters. The van der Waals surface area contributed by atoms with Crippen LogP contribution in [0.4, 0.5) is 0 Å². The van der Waals surface area contributed by atoms with Crippen LogP contribution in [-0.2, 0) is 0 Å². The number of hydrogen-bond acceptors (Lipinski definition) is 2. The van der Waals surface area contributed by atoms with Crippen molar-refractivity contribution in [3.63, 3.8) is 0 Å².